The molecule has 0 N–H and O–H groups in total. The Morgan fingerprint density at radius 3 is 2.48 bits per heavy atom. The summed E-state index contributed by atoms with van der Waals surface area (Å²) in [6, 6.07) is 7.08. The van der Waals surface area contributed by atoms with Crippen LogP contribution in [0.25, 0.3) is 0 Å². The average molecular weight is 370 g/mol. The Morgan fingerprint density at radius 2 is 1.76 bits per heavy atom. The maximum absolute atomic E-state index is 14.1. The van der Waals surface area contributed by atoms with E-state index < -0.39 is 11.6 Å². The van der Waals surface area contributed by atoms with E-state index in [1.807, 2.05) is 0 Å². The van der Waals surface area contributed by atoms with Gasteiger partial charge in [0.1, 0.15) is 11.6 Å². The van der Waals surface area contributed by atoms with E-state index in [0.717, 1.165) is 0 Å². The minimum absolute atomic E-state index is 0.174. The molecule has 1 aliphatic heterocycles. The Bertz CT molecular complexity index is 767. The topological polar surface area (TPSA) is 24.7 Å². The molecule has 0 fully saturated rings. The fourth-order valence-electron chi connectivity index (χ4n) is 2.15. The maximum Gasteiger partial charge on any atom is 0.135 e. The Kier molecular flexibility index (Phi) is 3.87. The molecule has 2 nitrogen and oxygen atoms in total. The third-order valence-corrected chi connectivity index (χ3v) is 4.44. The number of rotatable bonds is 1. The van der Waals surface area contributed by atoms with Crippen molar-refractivity contribution in [3.8, 4) is 0 Å². The number of nitrogens with zero attached hydrogens (tertiary/aromatic N) is 2. The summed E-state index contributed by atoms with van der Waals surface area (Å²) in [5.74, 6) is -1.35. The minimum Gasteiger partial charge on any atom is -0.278 e. The molecule has 21 heavy (non-hydrogen) atoms. The number of hydrogen-bond acceptors (Lipinski definition) is 2. The molecule has 2 aromatic carbocycles. The van der Waals surface area contributed by atoms with Gasteiger partial charge in [-0.1, -0.05) is 17.7 Å². The molecule has 6 heteroatoms. The number of fused-ring (bicyclic) bond motifs is 1. The Hall–Kier alpha value is -1.59. The molecule has 0 saturated heterocycles. The van der Waals surface area contributed by atoms with Crippen molar-refractivity contribution in [1.82, 2.24) is 0 Å². The van der Waals surface area contributed by atoms with Crippen LogP contribution in [0.4, 0.5) is 14.5 Å². The van der Waals surface area contributed by atoms with Crippen molar-refractivity contribution in [2.45, 2.75) is 0 Å². The van der Waals surface area contributed by atoms with Crippen LogP contribution in [0.3, 0.4) is 0 Å². The first-order valence-electron chi connectivity index (χ1n) is 6.09. The van der Waals surface area contributed by atoms with E-state index in [9.17, 15) is 8.78 Å². The third kappa shape index (κ3) is 2.51. The van der Waals surface area contributed by atoms with Crippen molar-refractivity contribution in [2.24, 2.45) is 9.98 Å². The van der Waals surface area contributed by atoms with Gasteiger partial charge in [0.15, 0.2) is 0 Å². The highest BCUT2D eigenvalue weighted by molar-refractivity contribution is 9.10. The first kappa shape index (κ1) is 14.4. The molecule has 0 atom stereocenters. The van der Waals surface area contributed by atoms with Crippen molar-refractivity contribution < 1.29 is 8.78 Å². The van der Waals surface area contributed by atoms with Gasteiger partial charge in [-0.15, -0.1) is 0 Å². The van der Waals surface area contributed by atoms with Crippen LogP contribution in [0.1, 0.15) is 11.1 Å². The lowest BCUT2D eigenvalue weighted by Gasteiger charge is -2.13. The smallest absolute Gasteiger partial charge is 0.135 e. The van der Waals surface area contributed by atoms with Gasteiger partial charge in [0.05, 0.1) is 28.5 Å². The number of halogens is 4. The Morgan fingerprint density at radius 1 is 1.05 bits per heavy atom. The SMILES string of the molecule is Fc1cccc(F)c1C1=NCC=Nc2ccc(Cl)c(Br)c21. The zero-order valence-corrected chi connectivity index (χ0v) is 12.9. The van der Waals surface area contributed by atoms with E-state index in [1.165, 1.54) is 18.2 Å². The highest BCUT2D eigenvalue weighted by Crippen LogP contribution is 2.36. The van der Waals surface area contributed by atoms with E-state index in [2.05, 4.69) is 25.9 Å². The molecule has 1 heterocycles. The molecule has 0 radical (unpaired) electrons. The van der Waals surface area contributed by atoms with Crippen LogP contribution in [0, 0.1) is 11.6 Å². The van der Waals surface area contributed by atoms with E-state index >= 15 is 0 Å². The molecule has 0 saturated carbocycles. The van der Waals surface area contributed by atoms with Gasteiger partial charge < -0.3 is 0 Å². The molecule has 0 unspecified atom stereocenters. The lowest BCUT2D eigenvalue weighted by atomic mass is 9.99. The molecule has 0 spiro atoms. The lowest BCUT2D eigenvalue weighted by Crippen LogP contribution is -2.10. The second-order valence-electron chi connectivity index (χ2n) is 4.35. The Balaban J connectivity index is 2.33. The van der Waals surface area contributed by atoms with Crippen LogP contribution >= 0.6 is 27.5 Å². The fourth-order valence-corrected chi connectivity index (χ4v) is 2.83. The van der Waals surface area contributed by atoms with E-state index in [1.54, 1.807) is 18.3 Å². The number of hydrogen-bond donors (Lipinski definition) is 0. The standard InChI is InChI=1S/C15H8BrClF2N2/c16-14-8(17)4-5-11-13(14)15(21-7-6-20-11)12-9(18)2-1-3-10(12)19/h1-6H,7H2. The normalized spacial score (nSPS) is 13.6. The molecule has 1 aliphatic rings. The van der Waals surface area contributed by atoms with Gasteiger partial charge >= 0.3 is 0 Å². The van der Waals surface area contributed by atoms with Crippen LogP contribution in [-0.4, -0.2) is 18.5 Å². The molecule has 106 valence electrons. The van der Waals surface area contributed by atoms with Crippen LogP contribution < -0.4 is 0 Å². The van der Waals surface area contributed by atoms with Crippen molar-refractivity contribution >= 4 is 45.1 Å². The monoisotopic (exact) mass is 368 g/mol. The van der Waals surface area contributed by atoms with Gasteiger partial charge in [0, 0.05) is 16.3 Å². The first-order valence-corrected chi connectivity index (χ1v) is 7.26. The van der Waals surface area contributed by atoms with Gasteiger partial charge in [0.25, 0.3) is 0 Å². The number of benzene rings is 2. The van der Waals surface area contributed by atoms with Gasteiger partial charge in [0.2, 0.25) is 0 Å². The summed E-state index contributed by atoms with van der Waals surface area (Å²) in [4.78, 5) is 8.51. The molecule has 3 rings (SSSR count). The van der Waals surface area contributed by atoms with Crippen LogP contribution in [0.5, 0.6) is 0 Å². The summed E-state index contributed by atoms with van der Waals surface area (Å²) in [7, 11) is 0. The summed E-state index contributed by atoms with van der Waals surface area (Å²) >= 11 is 9.45. The zero-order chi connectivity index (χ0) is 15.0. The molecule has 0 aliphatic carbocycles. The number of aliphatic imine (C=N–C) groups is 2. The second-order valence-corrected chi connectivity index (χ2v) is 5.55. The van der Waals surface area contributed by atoms with Crippen LogP contribution in [-0.2, 0) is 0 Å². The lowest BCUT2D eigenvalue weighted by molar-refractivity contribution is 0.579. The van der Waals surface area contributed by atoms with Crippen molar-refractivity contribution in [3.63, 3.8) is 0 Å². The minimum atomic E-state index is -0.673. The molecule has 0 aromatic heterocycles. The van der Waals surface area contributed by atoms with E-state index in [-0.39, 0.29) is 17.8 Å². The molecule has 0 amide bonds. The highest BCUT2D eigenvalue weighted by Gasteiger charge is 2.23. The van der Waals surface area contributed by atoms with E-state index in [0.29, 0.717) is 20.7 Å². The summed E-state index contributed by atoms with van der Waals surface area (Å²) in [5.41, 5.74) is 1.07. The van der Waals surface area contributed by atoms with Crippen molar-refractivity contribution in [2.75, 3.05) is 6.54 Å². The quantitative estimate of drug-likeness (QED) is 0.681. The van der Waals surface area contributed by atoms with Crippen molar-refractivity contribution in [1.29, 1.82) is 0 Å². The summed E-state index contributed by atoms with van der Waals surface area (Å²) in [5, 5.41) is 0.426. The molecule has 0 bridgehead atoms. The molecular weight excluding hydrogens is 362 g/mol. The zero-order valence-electron chi connectivity index (χ0n) is 10.6. The van der Waals surface area contributed by atoms with Gasteiger partial charge in [-0.3, -0.25) is 9.98 Å². The first-order chi connectivity index (χ1) is 10.1. The van der Waals surface area contributed by atoms with Gasteiger partial charge in [-0.05, 0) is 40.2 Å². The predicted molar refractivity (Wildman–Crippen MR) is 84.2 cm³/mol. The summed E-state index contributed by atoms with van der Waals surface area (Å²) in [6.45, 7) is 0.238. The Labute approximate surface area is 133 Å². The largest absolute Gasteiger partial charge is 0.278 e. The van der Waals surface area contributed by atoms with Gasteiger partial charge in [-0.25, -0.2) is 8.78 Å². The summed E-state index contributed by atoms with van der Waals surface area (Å²) in [6.07, 6.45) is 1.59. The van der Waals surface area contributed by atoms with E-state index in [4.69, 9.17) is 11.6 Å². The average Bonchev–Trinajstić information content (AvgIpc) is 2.66. The summed E-state index contributed by atoms with van der Waals surface area (Å²) < 4.78 is 28.7. The molecule has 2 aromatic rings. The van der Waals surface area contributed by atoms with Crippen molar-refractivity contribution in [3.05, 3.63) is 62.6 Å². The maximum atomic E-state index is 14.1. The molecular formula is C15H8BrClF2N2. The highest BCUT2D eigenvalue weighted by atomic mass is 79.9. The van der Waals surface area contributed by atoms with Gasteiger partial charge in [-0.2, -0.15) is 0 Å². The second kappa shape index (κ2) is 5.66. The third-order valence-electron chi connectivity index (χ3n) is 3.07. The van der Waals surface area contributed by atoms with Crippen LogP contribution in [0.2, 0.25) is 5.02 Å². The predicted octanol–water partition coefficient (Wildman–Crippen LogP) is 4.93. The fraction of sp³-hybridized carbons (Fsp3) is 0.0667. The van der Waals surface area contributed by atoms with Crippen LogP contribution in [0.15, 0.2) is 44.8 Å².